The predicted octanol–water partition coefficient (Wildman–Crippen LogP) is 3.37. The molecule has 0 saturated heterocycles. The maximum Gasteiger partial charge on any atom is 0.338 e. The minimum Gasteiger partial charge on any atom is -0.462 e. The Morgan fingerprint density at radius 1 is 1.30 bits per heavy atom. The van der Waals surface area contributed by atoms with E-state index in [1.54, 1.807) is 6.20 Å². The topological polar surface area (TPSA) is 65.2 Å². The van der Waals surface area contributed by atoms with Crippen LogP contribution in [0.25, 0.3) is 0 Å². The fourth-order valence-corrected chi connectivity index (χ4v) is 1.94. The van der Waals surface area contributed by atoms with E-state index in [0.29, 0.717) is 6.42 Å². The molecular weight excluding hydrogens is 299 g/mol. The van der Waals surface area contributed by atoms with Crippen LogP contribution in [0.1, 0.15) is 16.1 Å². The van der Waals surface area contributed by atoms with Gasteiger partial charge in [-0.3, -0.25) is 4.98 Å². The van der Waals surface area contributed by atoms with E-state index in [9.17, 15) is 4.79 Å². The lowest BCUT2D eigenvalue weighted by Gasteiger charge is -2.07. The SMILES string of the molecule is Nc1cc(C(=O)OCCc2ccccn2)cc(Cl)c1Cl. The van der Waals surface area contributed by atoms with Gasteiger partial charge in [0.05, 0.1) is 27.9 Å². The van der Waals surface area contributed by atoms with Crippen LogP contribution in [0.5, 0.6) is 0 Å². The van der Waals surface area contributed by atoms with Gasteiger partial charge in [0.25, 0.3) is 0 Å². The fraction of sp³-hybridized carbons (Fsp3) is 0.143. The zero-order chi connectivity index (χ0) is 14.5. The molecule has 0 amide bonds. The van der Waals surface area contributed by atoms with Gasteiger partial charge in [0.15, 0.2) is 0 Å². The summed E-state index contributed by atoms with van der Waals surface area (Å²) >= 11 is 11.7. The van der Waals surface area contributed by atoms with Gasteiger partial charge in [0, 0.05) is 18.3 Å². The number of pyridine rings is 1. The molecule has 0 saturated carbocycles. The lowest BCUT2D eigenvalue weighted by Crippen LogP contribution is -2.09. The molecule has 0 spiro atoms. The highest BCUT2D eigenvalue weighted by molar-refractivity contribution is 6.43. The number of ether oxygens (including phenoxy) is 1. The maximum atomic E-state index is 11.9. The number of hydrogen-bond acceptors (Lipinski definition) is 4. The van der Waals surface area contributed by atoms with Crippen molar-refractivity contribution in [1.82, 2.24) is 4.98 Å². The first-order valence-corrected chi connectivity index (χ1v) is 6.65. The summed E-state index contributed by atoms with van der Waals surface area (Å²) in [6.45, 7) is 0.232. The van der Waals surface area contributed by atoms with Gasteiger partial charge in [-0.2, -0.15) is 0 Å². The number of nitrogen functional groups attached to an aromatic ring is 1. The van der Waals surface area contributed by atoms with Gasteiger partial charge in [-0.1, -0.05) is 29.3 Å². The van der Waals surface area contributed by atoms with Crippen molar-refractivity contribution in [2.75, 3.05) is 12.3 Å². The number of rotatable bonds is 4. The zero-order valence-corrected chi connectivity index (χ0v) is 12.0. The standard InChI is InChI=1S/C14H12Cl2N2O2/c15-11-7-9(8-12(17)13(11)16)14(19)20-6-4-10-3-1-2-5-18-10/h1-3,5,7-8H,4,6,17H2. The summed E-state index contributed by atoms with van der Waals surface area (Å²) in [5.74, 6) is -0.494. The molecular formula is C14H12Cl2N2O2. The second-order valence-electron chi connectivity index (χ2n) is 4.07. The van der Waals surface area contributed by atoms with Gasteiger partial charge in [-0.15, -0.1) is 0 Å². The minimum atomic E-state index is -0.494. The molecule has 4 nitrogen and oxygen atoms in total. The predicted molar refractivity (Wildman–Crippen MR) is 79.1 cm³/mol. The summed E-state index contributed by atoms with van der Waals surface area (Å²) in [6.07, 6.45) is 2.24. The minimum absolute atomic E-state index is 0.225. The molecule has 0 atom stereocenters. The maximum absolute atomic E-state index is 11.9. The number of aromatic nitrogens is 1. The molecule has 0 fully saturated rings. The first kappa shape index (κ1) is 14.6. The first-order valence-electron chi connectivity index (χ1n) is 5.89. The van der Waals surface area contributed by atoms with Crippen LogP contribution >= 0.6 is 23.2 Å². The highest BCUT2D eigenvalue weighted by atomic mass is 35.5. The van der Waals surface area contributed by atoms with Crippen molar-refractivity contribution in [3.8, 4) is 0 Å². The van der Waals surface area contributed by atoms with Gasteiger partial charge in [-0.25, -0.2) is 4.79 Å². The molecule has 0 bridgehead atoms. The molecule has 104 valence electrons. The molecule has 2 rings (SSSR count). The summed E-state index contributed by atoms with van der Waals surface area (Å²) in [4.78, 5) is 16.0. The molecule has 1 aromatic carbocycles. The number of nitrogens with zero attached hydrogens (tertiary/aromatic N) is 1. The Morgan fingerprint density at radius 3 is 2.75 bits per heavy atom. The molecule has 2 aromatic rings. The molecule has 2 N–H and O–H groups in total. The zero-order valence-electron chi connectivity index (χ0n) is 10.5. The van der Waals surface area contributed by atoms with Crippen molar-refractivity contribution in [3.63, 3.8) is 0 Å². The molecule has 0 aliphatic carbocycles. The van der Waals surface area contributed by atoms with Gasteiger partial charge >= 0.3 is 5.97 Å². The third-order valence-electron chi connectivity index (χ3n) is 2.61. The third kappa shape index (κ3) is 3.62. The van der Waals surface area contributed by atoms with Gasteiger partial charge in [0.2, 0.25) is 0 Å². The van der Waals surface area contributed by atoms with E-state index in [4.69, 9.17) is 33.7 Å². The van der Waals surface area contributed by atoms with Gasteiger partial charge in [-0.05, 0) is 24.3 Å². The van der Waals surface area contributed by atoms with E-state index in [1.165, 1.54) is 12.1 Å². The number of halogens is 2. The van der Waals surface area contributed by atoms with Crippen molar-refractivity contribution < 1.29 is 9.53 Å². The second kappa shape index (κ2) is 6.59. The van der Waals surface area contributed by atoms with Crippen LogP contribution in [-0.2, 0) is 11.2 Å². The number of carbonyl (C=O) groups excluding carboxylic acids is 1. The number of hydrogen-bond donors (Lipinski definition) is 1. The highest BCUT2D eigenvalue weighted by Gasteiger charge is 2.12. The summed E-state index contributed by atoms with van der Waals surface area (Å²) < 4.78 is 5.15. The molecule has 6 heteroatoms. The summed E-state index contributed by atoms with van der Waals surface area (Å²) in [6, 6.07) is 8.45. The summed E-state index contributed by atoms with van der Waals surface area (Å²) in [7, 11) is 0. The van der Waals surface area contributed by atoms with Crippen LogP contribution in [0.4, 0.5) is 5.69 Å². The Bertz CT molecular complexity index is 595. The van der Waals surface area contributed by atoms with Crippen LogP contribution in [0.15, 0.2) is 36.5 Å². The van der Waals surface area contributed by atoms with Gasteiger partial charge < -0.3 is 10.5 Å². The van der Waals surface area contributed by atoms with Crippen molar-refractivity contribution in [3.05, 3.63) is 57.8 Å². The smallest absolute Gasteiger partial charge is 0.338 e. The fourth-order valence-electron chi connectivity index (χ4n) is 1.61. The Balaban J connectivity index is 1.95. The van der Waals surface area contributed by atoms with Crippen LogP contribution in [0.3, 0.4) is 0 Å². The van der Waals surface area contributed by atoms with Crippen LogP contribution in [0.2, 0.25) is 10.0 Å². The Hall–Kier alpha value is -1.78. The van der Waals surface area contributed by atoms with E-state index >= 15 is 0 Å². The first-order chi connectivity index (χ1) is 9.58. The quantitative estimate of drug-likeness (QED) is 0.694. The van der Waals surface area contributed by atoms with Crippen molar-refractivity contribution in [2.45, 2.75) is 6.42 Å². The monoisotopic (exact) mass is 310 g/mol. The molecule has 0 unspecified atom stereocenters. The molecule has 0 aliphatic heterocycles. The summed E-state index contributed by atoms with van der Waals surface area (Å²) in [5.41, 5.74) is 7.02. The van der Waals surface area contributed by atoms with Crippen LogP contribution < -0.4 is 5.73 Å². The van der Waals surface area contributed by atoms with E-state index in [1.807, 2.05) is 18.2 Å². The number of anilines is 1. The lowest BCUT2D eigenvalue weighted by molar-refractivity contribution is 0.0508. The van der Waals surface area contributed by atoms with E-state index in [-0.39, 0.29) is 27.9 Å². The normalized spacial score (nSPS) is 10.3. The Kier molecular flexibility index (Phi) is 4.82. The van der Waals surface area contributed by atoms with E-state index < -0.39 is 5.97 Å². The number of carbonyl (C=O) groups is 1. The highest BCUT2D eigenvalue weighted by Crippen LogP contribution is 2.29. The molecule has 20 heavy (non-hydrogen) atoms. The molecule has 1 heterocycles. The van der Waals surface area contributed by atoms with Crippen molar-refractivity contribution >= 4 is 34.9 Å². The average molecular weight is 311 g/mol. The van der Waals surface area contributed by atoms with Crippen molar-refractivity contribution in [2.24, 2.45) is 0 Å². The van der Waals surface area contributed by atoms with Crippen LogP contribution in [-0.4, -0.2) is 17.6 Å². The Labute approximate surface area is 126 Å². The van der Waals surface area contributed by atoms with E-state index in [0.717, 1.165) is 5.69 Å². The Morgan fingerprint density at radius 2 is 2.10 bits per heavy atom. The number of esters is 1. The number of benzene rings is 1. The molecule has 1 aromatic heterocycles. The third-order valence-corrected chi connectivity index (χ3v) is 3.43. The molecule has 0 radical (unpaired) electrons. The largest absolute Gasteiger partial charge is 0.462 e. The lowest BCUT2D eigenvalue weighted by atomic mass is 10.2. The molecule has 0 aliphatic rings. The van der Waals surface area contributed by atoms with Gasteiger partial charge in [0.1, 0.15) is 0 Å². The summed E-state index contributed by atoms with van der Waals surface area (Å²) in [5, 5.41) is 0.458. The van der Waals surface area contributed by atoms with Crippen LogP contribution in [0, 0.1) is 0 Å². The number of nitrogens with two attached hydrogens (primary N) is 1. The second-order valence-corrected chi connectivity index (χ2v) is 4.85. The van der Waals surface area contributed by atoms with E-state index in [2.05, 4.69) is 4.98 Å². The average Bonchev–Trinajstić information content (AvgIpc) is 2.45. The van der Waals surface area contributed by atoms with Crippen molar-refractivity contribution in [1.29, 1.82) is 0 Å².